The highest BCUT2D eigenvalue weighted by atomic mass is 16.7. The highest BCUT2D eigenvalue weighted by Gasteiger charge is 2.33. The Labute approximate surface area is 116 Å². The summed E-state index contributed by atoms with van der Waals surface area (Å²) in [7, 11) is 1.25. The lowest BCUT2D eigenvalue weighted by Gasteiger charge is -2.36. The molecule has 0 aromatic heterocycles. The maximum absolute atomic E-state index is 11.7. The van der Waals surface area contributed by atoms with Gasteiger partial charge in [0.15, 0.2) is 5.03 Å². The summed E-state index contributed by atoms with van der Waals surface area (Å²) in [5.41, 5.74) is 0. The molecule has 0 aromatic rings. The number of carbonyl (C=O) groups excluding carboxylic acids is 1. The Morgan fingerprint density at radius 2 is 2.40 bits per heavy atom. The highest BCUT2D eigenvalue weighted by molar-refractivity contribution is 5.94. The molecule has 0 N–H and O–H groups in total. The Morgan fingerprint density at radius 3 is 3.00 bits per heavy atom. The minimum absolute atomic E-state index is 0.0556. The number of ether oxygens (including phenoxy) is 2. The normalized spacial score (nSPS) is 25.1. The van der Waals surface area contributed by atoms with E-state index in [1.807, 2.05) is 0 Å². The van der Waals surface area contributed by atoms with Gasteiger partial charge in [-0.25, -0.2) is 19.8 Å². The van der Waals surface area contributed by atoms with Gasteiger partial charge < -0.3 is 14.4 Å². The van der Waals surface area contributed by atoms with Crippen LogP contribution in [0.5, 0.6) is 0 Å². The molecule has 112 valence electrons. The quantitative estimate of drug-likeness (QED) is 0.548. The fourth-order valence-corrected chi connectivity index (χ4v) is 2.48. The summed E-state index contributed by atoms with van der Waals surface area (Å²) in [6.45, 7) is 2.95. The number of carbonyl (C=O) groups is 1. The first-order valence-corrected chi connectivity index (χ1v) is 6.53. The molecule has 9 nitrogen and oxygen atoms in total. The van der Waals surface area contributed by atoms with Gasteiger partial charge in [-0.15, -0.1) is 0 Å². The van der Waals surface area contributed by atoms with E-state index in [9.17, 15) is 14.9 Å². The summed E-state index contributed by atoms with van der Waals surface area (Å²) in [5, 5.41) is 13.3. The lowest BCUT2D eigenvalue weighted by molar-refractivity contribution is -0.486. The second-order valence-corrected chi connectivity index (χ2v) is 4.79. The van der Waals surface area contributed by atoms with Crippen molar-refractivity contribution in [3.63, 3.8) is 0 Å². The molecule has 0 aromatic carbocycles. The van der Waals surface area contributed by atoms with Gasteiger partial charge in [0.1, 0.15) is 5.10 Å². The number of amides is 1. The van der Waals surface area contributed by atoms with Crippen molar-refractivity contribution in [2.75, 3.05) is 40.0 Å². The van der Waals surface area contributed by atoms with Crippen LogP contribution in [-0.2, 0) is 9.47 Å². The van der Waals surface area contributed by atoms with E-state index in [2.05, 4.69) is 9.84 Å². The molecule has 0 saturated carbocycles. The van der Waals surface area contributed by atoms with Gasteiger partial charge in [0, 0.05) is 32.2 Å². The molecule has 20 heavy (non-hydrogen) atoms. The molecular formula is C11H18N4O5. The maximum atomic E-state index is 11.7. The zero-order valence-electron chi connectivity index (χ0n) is 11.4. The zero-order valence-corrected chi connectivity index (χ0v) is 11.4. The summed E-state index contributed by atoms with van der Waals surface area (Å²) in [4.78, 5) is 25.4. The predicted octanol–water partition coefficient (Wildman–Crippen LogP) is 0.345. The Hall–Kier alpha value is -1.90. The average molecular weight is 286 g/mol. The highest BCUT2D eigenvalue weighted by Crippen LogP contribution is 2.18. The lowest BCUT2D eigenvalue weighted by Crippen LogP contribution is -2.54. The Kier molecular flexibility index (Phi) is 4.72. The first kappa shape index (κ1) is 14.5. The fourth-order valence-electron chi connectivity index (χ4n) is 2.48. The van der Waals surface area contributed by atoms with Gasteiger partial charge in [-0.2, -0.15) is 0 Å². The van der Waals surface area contributed by atoms with Crippen molar-refractivity contribution in [3.05, 3.63) is 10.1 Å². The molecule has 2 aliphatic heterocycles. The summed E-state index contributed by atoms with van der Waals surface area (Å²) in [6.07, 6.45) is 1.01. The zero-order chi connectivity index (χ0) is 14.5. The monoisotopic (exact) mass is 286 g/mol. The molecule has 1 unspecified atom stereocenters. The molecule has 0 aliphatic carbocycles. The molecule has 2 rings (SSSR count). The summed E-state index contributed by atoms with van der Waals surface area (Å²) in [5.74, 6) is 0.365. The van der Waals surface area contributed by atoms with E-state index in [0.29, 0.717) is 38.8 Å². The third kappa shape index (κ3) is 3.35. The second kappa shape index (κ2) is 6.51. The van der Waals surface area contributed by atoms with Crippen LogP contribution < -0.4 is 0 Å². The number of rotatable bonds is 3. The van der Waals surface area contributed by atoms with Crippen molar-refractivity contribution < 1.29 is 19.3 Å². The van der Waals surface area contributed by atoms with E-state index in [0.717, 1.165) is 12.8 Å². The molecule has 1 atom stereocenters. The molecule has 2 aliphatic rings. The van der Waals surface area contributed by atoms with Crippen molar-refractivity contribution >= 4 is 12.1 Å². The van der Waals surface area contributed by atoms with E-state index >= 15 is 0 Å². The van der Waals surface area contributed by atoms with Crippen LogP contribution in [0.25, 0.3) is 0 Å². The lowest BCUT2D eigenvalue weighted by atomic mass is 10.1. The number of hydrogen-bond donors (Lipinski definition) is 0. The summed E-state index contributed by atoms with van der Waals surface area (Å²) >= 11 is 0. The van der Waals surface area contributed by atoms with Crippen molar-refractivity contribution in [2.24, 2.45) is 11.0 Å². The molecule has 0 radical (unpaired) electrons. The third-order valence-corrected chi connectivity index (χ3v) is 3.40. The van der Waals surface area contributed by atoms with E-state index < -0.39 is 11.1 Å². The van der Waals surface area contributed by atoms with Gasteiger partial charge in [0.05, 0.1) is 13.7 Å². The number of hydrazone groups is 1. The smallest absolute Gasteiger partial charge is 0.416 e. The van der Waals surface area contributed by atoms with Crippen LogP contribution >= 0.6 is 0 Å². The average Bonchev–Trinajstić information content (AvgIpc) is 2.92. The summed E-state index contributed by atoms with van der Waals surface area (Å²) in [6, 6.07) is 0. The van der Waals surface area contributed by atoms with E-state index in [4.69, 9.17) is 4.74 Å². The van der Waals surface area contributed by atoms with E-state index in [1.165, 1.54) is 12.0 Å². The number of guanidine groups is 1. The molecule has 9 heteroatoms. The van der Waals surface area contributed by atoms with E-state index in [-0.39, 0.29) is 5.96 Å². The molecule has 2 fully saturated rings. The van der Waals surface area contributed by atoms with Gasteiger partial charge >= 0.3 is 6.09 Å². The van der Waals surface area contributed by atoms with Gasteiger partial charge in [0.25, 0.3) is 5.96 Å². The van der Waals surface area contributed by atoms with Crippen LogP contribution in [-0.4, -0.2) is 66.8 Å². The first-order valence-electron chi connectivity index (χ1n) is 6.53. The fraction of sp³-hybridized carbons (Fsp3) is 0.818. The Bertz CT molecular complexity index is 408. The van der Waals surface area contributed by atoms with Gasteiger partial charge in [0.2, 0.25) is 0 Å². The SMILES string of the molecule is COC(=O)N1CCCN(CC2CCOC2)C1=N[N+](=O)[O-]. The van der Waals surface area contributed by atoms with Crippen molar-refractivity contribution in [1.29, 1.82) is 0 Å². The van der Waals surface area contributed by atoms with Crippen LogP contribution in [0.4, 0.5) is 4.79 Å². The molecule has 1 amide bonds. The number of methoxy groups -OCH3 is 1. The van der Waals surface area contributed by atoms with Gasteiger partial charge in [-0.3, -0.25) is 0 Å². The third-order valence-electron chi connectivity index (χ3n) is 3.40. The largest absolute Gasteiger partial charge is 0.452 e. The molecular weight excluding hydrogens is 268 g/mol. The van der Waals surface area contributed by atoms with Crippen LogP contribution in [0.2, 0.25) is 0 Å². The minimum atomic E-state index is -0.783. The van der Waals surface area contributed by atoms with Crippen LogP contribution in [0.3, 0.4) is 0 Å². The standard InChI is InChI=1S/C11H18N4O5/c1-19-11(16)14-5-2-4-13(10(14)12-15(17)18)7-9-3-6-20-8-9/h9H,2-8H2,1H3. The second-order valence-electron chi connectivity index (χ2n) is 4.79. The predicted molar refractivity (Wildman–Crippen MR) is 68.7 cm³/mol. The number of nitro groups is 1. The first-order chi connectivity index (χ1) is 9.61. The molecule has 2 heterocycles. The Balaban J connectivity index is 2.14. The van der Waals surface area contributed by atoms with Crippen LogP contribution in [0, 0.1) is 16.0 Å². The molecule has 2 saturated heterocycles. The number of hydrogen-bond acceptors (Lipinski definition) is 5. The topological polar surface area (TPSA) is 97.5 Å². The van der Waals surface area contributed by atoms with Crippen molar-refractivity contribution in [1.82, 2.24) is 9.80 Å². The maximum Gasteiger partial charge on any atom is 0.416 e. The van der Waals surface area contributed by atoms with Crippen molar-refractivity contribution in [3.8, 4) is 0 Å². The van der Waals surface area contributed by atoms with Crippen LogP contribution in [0.1, 0.15) is 12.8 Å². The molecule has 0 bridgehead atoms. The Morgan fingerprint density at radius 1 is 1.60 bits per heavy atom. The van der Waals surface area contributed by atoms with Gasteiger partial charge in [-0.1, -0.05) is 0 Å². The number of nitrogens with zero attached hydrogens (tertiary/aromatic N) is 4. The summed E-state index contributed by atoms with van der Waals surface area (Å²) < 4.78 is 9.96. The molecule has 0 spiro atoms. The van der Waals surface area contributed by atoms with Gasteiger partial charge in [-0.05, 0) is 12.8 Å². The van der Waals surface area contributed by atoms with Crippen LogP contribution in [0.15, 0.2) is 5.10 Å². The minimum Gasteiger partial charge on any atom is -0.452 e. The van der Waals surface area contributed by atoms with E-state index in [1.54, 1.807) is 4.90 Å². The van der Waals surface area contributed by atoms with Crippen molar-refractivity contribution in [2.45, 2.75) is 12.8 Å².